The summed E-state index contributed by atoms with van der Waals surface area (Å²) in [6.45, 7) is 3.02. The molecule has 33 heavy (non-hydrogen) atoms. The number of nitrogens with zero attached hydrogens (tertiary/aromatic N) is 3. The van der Waals surface area contributed by atoms with Gasteiger partial charge in [-0.05, 0) is 68.3 Å². The van der Waals surface area contributed by atoms with Crippen LogP contribution >= 0.6 is 0 Å². The number of urea groups is 1. The lowest BCUT2D eigenvalue weighted by atomic mass is 9.98. The van der Waals surface area contributed by atoms with E-state index in [1.165, 1.54) is 0 Å². The number of hydrogen-bond donors (Lipinski definition) is 1. The van der Waals surface area contributed by atoms with Crippen LogP contribution in [0, 0.1) is 0 Å². The molecule has 1 atom stereocenters. The molecule has 2 amide bonds. The first-order valence-corrected chi connectivity index (χ1v) is 11.1. The number of piperidine rings is 1. The summed E-state index contributed by atoms with van der Waals surface area (Å²) >= 11 is 0. The maximum absolute atomic E-state index is 12.5. The van der Waals surface area contributed by atoms with Crippen molar-refractivity contribution in [2.45, 2.75) is 25.7 Å². The minimum absolute atomic E-state index is 0.0584. The Balaban J connectivity index is 1.70. The van der Waals surface area contributed by atoms with Crippen LogP contribution in [0.3, 0.4) is 0 Å². The van der Waals surface area contributed by atoms with Crippen molar-refractivity contribution in [3.05, 3.63) is 54.4 Å². The lowest BCUT2D eigenvalue weighted by Gasteiger charge is -2.33. The first kappa shape index (κ1) is 22.7. The summed E-state index contributed by atoms with van der Waals surface area (Å²) < 4.78 is 16.9. The third-order valence-corrected chi connectivity index (χ3v) is 5.92. The van der Waals surface area contributed by atoms with Gasteiger partial charge in [0.25, 0.3) is 0 Å². The van der Waals surface area contributed by atoms with E-state index in [2.05, 4.69) is 0 Å². The molecular weight excluding hydrogens is 422 g/mol. The summed E-state index contributed by atoms with van der Waals surface area (Å²) in [7, 11) is 3.26. The number of ether oxygens (including phenoxy) is 2. The van der Waals surface area contributed by atoms with Gasteiger partial charge in [-0.1, -0.05) is 0 Å². The Morgan fingerprint density at radius 2 is 1.70 bits per heavy atom. The fourth-order valence-electron chi connectivity index (χ4n) is 4.04. The van der Waals surface area contributed by atoms with E-state index in [0.29, 0.717) is 24.7 Å². The molecule has 0 radical (unpaired) electrons. The van der Waals surface area contributed by atoms with Crippen LogP contribution in [0.4, 0.5) is 4.79 Å². The van der Waals surface area contributed by atoms with Crippen LogP contribution in [0.25, 0.3) is 22.6 Å². The second-order valence-electron chi connectivity index (χ2n) is 7.97. The highest BCUT2D eigenvalue weighted by Gasteiger charge is 2.31. The molecule has 0 aliphatic carbocycles. The molecule has 4 rings (SSSR count). The molecule has 1 N–H and O–H groups in total. The molecule has 2 heterocycles. The number of carbonyl (C=O) groups is 1. The van der Waals surface area contributed by atoms with E-state index in [4.69, 9.17) is 18.9 Å². The Hall–Kier alpha value is -3.52. The van der Waals surface area contributed by atoms with Crippen LogP contribution in [0.5, 0.6) is 11.5 Å². The zero-order valence-corrected chi connectivity index (χ0v) is 19.2. The number of rotatable bonds is 6. The number of likely N-dealkylation sites (tertiary alicyclic amines) is 1. The number of aromatic nitrogens is 1. The molecule has 8 nitrogen and oxygen atoms in total. The van der Waals surface area contributed by atoms with E-state index in [1.54, 1.807) is 26.0 Å². The van der Waals surface area contributed by atoms with Crippen LogP contribution in [0.1, 0.15) is 31.6 Å². The van der Waals surface area contributed by atoms with Crippen molar-refractivity contribution in [3.8, 4) is 34.1 Å². The Morgan fingerprint density at radius 3 is 2.27 bits per heavy atom. The largest absolute Gasteiger partial charge is 0.497 e. The lowest BCUT2D eigenvalue weighted by Crippen LogP contribution is -2.45. The first-order chi connectivity index (χ1) is 16.0. The zero-order valence-electron chi connectivity index (χ0n) is 19.2. The Labute approximate surface area is 193 Å². The fourth-order valence-corrected chi connectivity index (χ4v) is 4.04. The second kappa shape index (κ2) is 9.95. The molecule has 8 heteroatoms. The topological polar surface area (TPSA) is 88.3 Å². The third-order valence-electron chi connectivity index (χ3n) is 5.92. The average molecular weight is 452 g/mol. The first-order valence-electron chi connectivity index (χ1n) is 11.1. The van der Waals surface area contributed by atoms with Gasteiger partial charge in [-0.25, -0.2) is 14.8 Å². The van der Waals surface area contributed by atoms with Crippen molar-refractivity contribution in [2.75, 3.05) is 33.9 Å². The van der Waals surface area contributed by atoms with Crippen molar-refractivity contribution >= 4 is 6.03 Å². The fraction of sp³-hybridized carbons (Fsp3) is 0.360. The van der Waals surface area contributed by atoms with Crippen LogP contribution in [-0.4, -0.2) is 60.0 Å². The van der Waals surface area contributed by atoms with Gasteiger partial charge < -0.3 is 18.8 Å². The molecule has 1 fully saturated rings. The van der Waals surface area contributed by atoms with E-state index >= 15 is 0 Å². The monoisotopic (exact) mass is 451 g/mol. The predicted octanol–water partition coefficient (Wildman–Crippen LogP) is 5.04. The number of methoxy groups -OCH3 is 2. The van der Waals surface area contributed by atoms with Crippen molar-refractivity contribution in [1.82, 2.24) is 14.9 Å². The van der Waals surface area contributed by atoms with Crippen molar-refractivity contribution < 1.29 is 23.9 Å². The van der Waals surface area contributed by atoms with Crippen LogP contribution in [-0.2, 0) is 0 Å². The van der Waals surface area contributed by atoms with E-state index in [9.17, 15) is 10.0 Å². The highest BCUT2D eigenvalue weighted by Crippen LogP contribution is 2.38. The lowest BCUT2D eigenvalue weighted by molar-refractivity contribution is -0.0547. The van der Waals surface area contributed by atoms with E-state index in [1.807, 2.05) is 48.5 Å². The zero-order chi connectivity index (χ0) is 23.4. The summed E-state index contributed by atoms with van der Waals surface area (Å²) in [5.41, 5.74) is 2.53. The van der Waals surface area contributed by atoms with Gasteiger partial charge in [0.1, 0.15) is 17.2 Å². The van der Waals surface area contributed by atoms with Crippen molar-refractivity contribution in [1.29, 1.82) is 0 Å². The quantitative estimate of drug-likeness (QED) is 0.417. The minimum atomic E-state index is -0.389. The molecule has 174 valence electrons. The highest BCUT2D eigenvalue weighted by atomic mass is 16.5. The maximum atomic E-state index is 12.5. The summed E-state index contributed by atoms with van der Waals surface area (Å²) in [6, 6.07) is 15.0. The van der Waals surface area contributed by atoms with Crippen molar-refractivity contribution in [2.24, 2.45) is 0 Å². The van der Waals surface area contributed by atoms with Gasteiger partial charge >= 0.3 is 6.03 Å². The molecule has 1 saturated heterocycles. The summed E-state index contributed by atoms with van der Waals surface area (Å²) in [6.07, 6.45) is 1.66. The smallest absolute Gasteiger partial charge is 0.343 e. The summed E-state index contributed by atoms with van der Waals surface area (Å²) in [5, 5.41) is 10.6. The molecule has 1 aromatic heterocycles. The molecule has 1 aliphatic rings. The molecule has 1 aliphatic heterocycles. The van der Waals surface area contributed by atoms with Gasteiger partial charge in [0.05, 0.1) is 20.1 Å². The normalized spacial score (nSPS) is 15.9. The standard InChI is InChI=1S/C25H29N3O5/c1-4-28(30)25(29)27-15-5-6-19(16-27)24-26-22(17-7-11-20(31-2)12-8-17)23(33-24)18-9-13-21(32-3)14-10-18/h7-14,19,30H,4-6,15-16H2,1-3H3. The Bertz CT molecular complexity index is 1010. The summed E-state index contributed by atoms with van der Waals surface area (Å²) in [5.74, 6) is 2.72. The van der Waals surface area contributed by atoms with Crippen LogP contribution in [0.15, 0.2) is 52.9 Å². The number of benzene rings is 2. The minimum Gasteiger partial charge on any atom is -0.497 e. The molecular formula is C25H29N3O5. The Kier molecular flexibility index (Phi) is 6.84. The number of hydrogen-bond acceptors (Lipinski definition) is 6. The van der Waals surface area contributed by atoms with Crippen molar-refractivity contribution in [3.63, 3.8) is 0 Å². The van der Waals surface area contributed by atoms with Crippen LogP contribution in [0.2, 0.25) is 0 Å². The highest BCUT2D eigenvalue weighted by molar-refractivity contribution is 5.77. The van der Waals surface area contributed by atoms with Crippen LogP contribution < -0.4 is 9.47 Å². The van der Waals surface area contributed by atoms with Gasteiger partial charge in [-0.3, -0.25) is 5.21 Å². The molecule has 1 unspecified atom stereocenters. The SMILES string of the molecule is CCN(O)C(=O)N1CCCC(c2nc(-c3ccc(OC)cc3)c(-c3ccc(OC)cc3)o2)C1. The molecule has 0 saturated carbocycles. The number of hydroxylamine groups is 2. The van der Waals surface area contributed by atoms with Gasteiger partial charge in [0, 0.05) is 30.8 Å². The van der Waals surface area contributed by atoms with Gasteiger partial charge in [-0.15, -0.1) is 0 Å². The number of oxazole rings is 1. The Morgan fingerprint density at radius 1 is 1.09 bits per heavy atom. The van der Waals surface area contributed by atoms with E-state index in [-0.39, 0.29) is 18.5 Å². The molecule has 2 aromatic carbocycles. The second-order valence-corrected chi connectivity index (χ2v) is 7.97. The molecule has 0 bridgehead atoms. The van der Waals surface area contributed by atoms with Gasteiger partial charge in [0.15, 0.2) is 11.7 Å². The van der Waals surface area contributed by atoms with E-state index < -0.39 is 0 Å². The van der Waals surface area contributed by atoms with E-state index in [0.717, 1.165) is 46.2 Å². The van der Waals surface area contributed by atoms with Gasteiger partial charge in [0.2, 0.25) is 0 Å². The third kappa shape index (κ3) is 4.80. The summed E-state index contributed by atoms with van der Waals surface area (Å²) in [4.78, 5) is 19.0. The maximum Gasteiger partial charge on any atom is 0.343 e. The molecule has 0 spiro atoms. The molecule has 3 aromatic rings. The predicted molar refractivity (Wildman–Crippen MR) is 124 cm³/mol. The van der Waals surface area contributed by atoms with Gasteiger partial charge in [-0.2, -0.15) is 0 Å². The number of amides is 2. The average Bonchev–Trinajstić information content (AvgIpc) is 3.33. The number of carbonyl (C=O) groups excluding carboxylic acids is 1.